The number of piperazine rings is 1. The molecule has 2 N–H and O–H groups in total. The van der Waals surface area contributed by atoms with Gasteiger partial charge in [-0.3, -0.25) is 4.79 Å². The number of rotatable bonds is 2. The zero-order chi connectivity index (χ0) is 13.9. The summed E-state index contributed by atoms with van der Waals surface area (Å²) in [5.41, 5.74) is 1.04. The lowest BCUT2D eigenvalue weighted by atomic mass is 10.2. The van der Waals surface area contributed by atoms with Gasteiger partial charge in [0, 0.05) is 31.9 Å². The Bertz CT molecular complexity index is 575. The molecule has 20 heavy (non-hydrogen) atoms. The number of amides is 1. The van der Waals surface area contributed by atoms with E-state index in [2.05, 4.69) is 25.5 Å². The molecule has 1 fully saturated rings. The number of benzene rings is 1. The molecule has 1 saturated heterocycles. The fourth-order valence-electron chi connectivity index (χ4n) is 2.23. The maximum Gasteiger partial charge on any atom is 0.295 e. The third-order valence-electron chi connectivity index (χ3n) is 3.32. The molecule has 8 heteroatoms. The molecule has 1 aliphatic heterocycles. The fourth-order valence-corrected chi connectivity index (χ4v) is 2.23. The smallest absolute Gasteiger partial charge is 0.295 e. The molecule has 0 unspecified atom stereocenters. The molecule has 8 nitrogen and oxygen atoms in total. The molecule has 104 valence electrons. The standard InChI is InChI=1S/C12H14N6O2/c19-10-3-1-9(2-4-10)17-5-7-18(8-6-17)12(20)11-13-15-16-14-11/h1-4,19H,5-8H2,(H,13,14,15,16). The number of H-pyrrole nitrogens is 1. The molecule has 0 atom stereocenters. The molecular formula is C12H14N6O2. The Kier molecular flexibility index (Phi) is 3.20. The predicted octanol–water partition coefficient (Wildman–Crippen LogP) is -0.132. The number of anilines is 1. The number of tetrazole rings is 1. The van der Waals surface area contributed by atoms with Crippen molar-refractivity contribution < 1.29 is 9.90 Å². The fraction of sp³-hybridized carbons (Fsp3) is 0.333. The van der Waals surface area contributed by atoms with Crippen LogP contribution in [-0.2, 0) is 0 Å². The monoisotopic (exact) mass is 274 g/mol. The number of aromatic nitrogens is 4. The summed E-state index contributed by atoms with van der Waals surface area (Å²) in [5, 5.41) is 22.3. The van der Waals surface area contributed by atoms with E-state index in [0.717, 1.165) is 18.8 Å². The zero-order valence-corrected chi connectivity index (χ0v) is 10.7. The van der Waals surface area contributed by atoms with E-state index in [1.165, 1.54) is 0 Å². The van der Waals surface area contributed by atoms with Crippen molar-refractivity contribution in [2.45, 2.75) is 0 Å². The molecule has 0 bridgehead atoms. The molecule has 1 amide bonds. The number of hydrogen-bond acceptors (Lipinski definition) is 6. The van der Waals surface area contributed by atoms with Crippen LogP contribution in [0.2, 0.25) is 0 Å². The first kappa shape index (κ1) is 12.4. The van der Waals surface area contributed by atoms with Crippen molar-refractivity contribution >= 4 is 11.6 Å². The predicted molar refractivity (Wildman–Crippen MR) is 70.4 cm³/mol. The van der Waals surface area contributed by atoms with Crippen molar-refractivity contribution in [3.05, 3.63) is 30.1 Å². The van der Waals surface area contributed by atoms with Gasteiger partial charge in [-0.1, -0.05) is 0 Å². The summed E-state index contributed by atoms with van der Waals surface area (Å²) in [7, 11) is 0. The topological polar surface area (TPSA) is 98.2 Å². The van der Waals surface area contributed by atoms with Crippen LogP contribution in [0, 0.1) is 0 Å². The van der Waals surface area contributed by atoms with E-state index in [1.54, 1.807) is 17.0 Å². The van der Waals surface area contributed by atoms with Crippen LogP contribution in [-0.4, -0.2) is 62.7 Å². The van der Waals surface area contributed by atoms with Crippen LogP contribution in [0.4, 0.5) is 5.69 Å². The van der Waals surface area contributed by atoms with Crippen molar-refractivity contribution in [1.82, 2.24) is 25.5 Å². The van der Waals surface area contributed by atoms with E-state index in [-0.39, 0.29) is 17.5 Å². The second-order valence-electron chi connectivity index (χ2n) is 4.53. The Hall–Kier alpha value is -2.64. The summed E-state index contributed by atoms with van der Waals surface area (Å²) in [6, 6.07) is 7.05. The van der Waals surface area contributed by atoms with Gasteiger partial charge < -0.3 is 14.9 Å². The van der Waals surface area contributed by atoms with E-state index in [9.17, 15) is 9.90 Å². The van der Waals surface area contributed by atoms with Crippen molar-refractivity contribution in [3.63, 3.8) is 0 Å². The van der Waals surface area contributed by atoms with Gasteiger partial charge in [0.25, 0.3) is 11.7 Å². The van der Waals surface area contributed by atoms with Crippen LogP contribution in [0.15, 0.2) is 24.3 Å². The van der Waals surface area contributed by atoms with Crippen molar-refractivity contribution in [2.75, 3.05) is 31.1 Å². The highest BCUT2D eigenvalue weighted by Gasteiger charge is 2.24. The maximum atomic E-state index is 12.0. The highest BCUT2D eigenvalue weighted by atomic mass is 16.3. The number of nitrogens with zero attached hydrogens (tertiary/aromatic N) is 5. The van der Waals surface area contributed by atoms with E-state index < -0.39 is 0 Å². The van der Waals surface area contributed by atoms with Crippen LogP contribution in [0.3, 0.4) is 0 Å². The minimum absolute atomic E-state index is 0.100. The third-order valence-corrected chi connectivity index (χ3v) is 3.32. The maximum absolute atomic E-state index is 12.0. The van der Waals surface area contributed by atoms with E-state index in [1.807, 2.05) is 12.1 Å². The number of hydrogen-bond donors (Lipinski definition) is 2. The normalized spacial score (nSPS) is 15.4. The molecule has 1 aromatic carbocycles. The molecule has 1 aliphatic rings. The second kappa shape index (κ2) is 5.16. The molecule has 2 aromatic rings. The molecular weight excluding hydrogens is 260 g/mol. The summed E-state index contributed by atoms with van der Waals surface area (Å²) < 4.78 is 0. The molecule has 0 radical (unpaired) electrons. The van der Waals surface area contributed by atoms with Crippen molar-refractivity contribution in [2.24, 2.45) is 0 Å². The second-order valence-corrected chi connectivity index (χ2v) is 4.53. The number of carbonyl (C=O) groups is 1. The lowest BCUT2D eigenvalue weighted by Gasteiger charge is -2.35. The summed E-state index contributed by atoms with van der Waals surface area (Å²) in [6.07, 6.45) is 0. The first-order chi connectivity index (χ1) is 9.74. The van der Waals surface area contributed by atoms with Crippen LogP contribution in [0.25, 0.3) is 0 Å². The van der Waals surface area contributed by atoms with Gasteiger partial charge >= 0.3 is 0 Å². The van der Waals surface area contributed by atoms with Crippen LogP contribution >= 0.6 is 0 Å². The number of aromatic amines is 1. The number of carbonyl (C=O) groups excluding carboxylic acids is 1. The van der Waals surface area contributed by atoms with Gasteiger partial charge in [-0.2, -0.15) is 5.21 Å². The van der Waals surface area contributed by atoms with Gasteiger partial charge in [-0.15, -0.1) is 10.2 Å². The van der Waals surface area contributed by atoms with Gasteiger partial charge in [-0.25, -0.2) is 0 Å². The quantitative estimate of drug-likeness (QED) is 0.791. The zero-order valence-electron chi connectivity index (χ0n) is 10.7. The van der Waals surface area contributed by atoms with Gasteiger partial charge in [-0.05, 0) is 29.5 Å². The Morgan fingerprint density at radius 2 is 1.85 bits per heavy atom. The molecule has 1 aromatic heterocycles. The van der Waals surface area contributed by atoms with Gasteiger partial charge in [0.1, 0.15) is 5.75 Å². The average molecular weight is 274 g/mol. The first-order valence-electron chi connectivity index (χ1n) is 6.31. The van der Waals surface area contributed by atoms with Crippen molar-refractivity contribution in [1.29, 1.82) is 0 Å². The summed E-state index contributed by atoms with van der Waals surface area (Å²) in [4.78, 5) is 15.9. The number of phenols is 1. The van der Waals surface area contributed by atoms with Gasteiger partial charge in [0.05, 0.1) is 0 Å². The number of phenolic OH excluding ortho intramolecular Hbond substituents is 1. The molecule has 3 rings (SSSR count). The van der Waals surface area contributed by atoms with Crippen molar-refractivity contribution in [3.8, 4) is 5.75 Å². The molecule has 0 aliphatic carbocycles. The van der Waals surface area contributed by atoms with E-state index in [4.69, 9.17) is 0 Å². The average Bonchev–Trinajstić information content (AvgIpc) is 3.02. The highest BCUT2D eigenvalue weighted by Crippen LogP contribution is 2.20. The minimum Gasteiger partial charge on any atom is -0.508 e. The Morgan fingerprint density at radius 1 is 1.15 bits per heavy atom. The summed E-state index contributed by atoms with van der Waals surface area (Å²) in [6.45, 7) is 2.67. The van der Waals surface area contributed by atoms with Gasteiger partial charge in [0.2, 0.25) is 0 Å². The van der Waals surface area contributed by atoms with Crippen LogP contribution < -0.4 is 4.90 Å². The molecule has 0 spiro atoms. The Morgan fingerprint density at radius 3 is 2.45 bits per heavy atom. The summed E-state index contributed by atoms with van der Waals surface area (Å²) >= 11 is 0. The number of aromatic hydroxyl groups is 1. The van der Waals surface area contributed by atoms with E-state index in [0.29, 0.717) is 13.1 Å². The minimum atomic E-state index is -0.205. The lowest BCUT2D eigenvalue weighted by Crippen LogP contribution is -2.49. The van der Waals surface area contributed by atoms with Crippen LogP contribution in [0.5, 0.6) is 5.75 Å². The largest absolute Gasteiger partial charge is 0.508 e. The number of nitrogens with one attached hydrogen (secondary N) is 1. The van der Waals surface area contributed by atoms with E-state index >= 15 is 0 Å². The Labute approximate surface area is 115 Å². The first-order valence-corrected chi connectivity index (χ1v) is 6.31. The Balaban J connectivity index is 1.62. The summed E-state index contributed by atoms with van der Waals surface area (Å²) in [5.74, 6) is 0.145. The lowest BCUT2D eigenvalue weighted by molar-refractivity contribution is 0.0734. The molecule has 2 heterocycles. The third kappa shape index (κ3) is 2.40. The molecule has 0 saturated carbocycles. The highest BCUT2D eigenvalue weighted by molar-refractivity contribution is 5.90. The van der Waals surface area contributed by atoms with Gasteiger partial charge in [0.15, 0.2) is 0 Å². The SMILES string of the molecule is O=C(c1nn[nH]n1)N1CCN(c2ccc(O)cc2)CC1. The van der Waals surface area contributed by atoms with Crippen LogP contribution in [0.1, 0.15) is 10.6 Å².